The van der Waals surface area contributed by atoms with Crippen molar-refractivity contribution in [3.8, 4) is 0 Å². The summed E-state index contributed by atoms with van der Waals surface area (Å²) in [5.41, 5.74) is 2.80. The van der Waals surface area contributed by atoms with E-state index >= 15 is 0 Å². The number of hydrogen-bond donors (Lipinski definition) is 1. The van der Waals surface area contributed by atoms with Crippen LogP contribution in [0.2, 0.25) is 0 Å². The van der Waals surface area contributed by atoms with Crippen molar-refractivity contribution in [1.29, 1.82) is 0 Å². The van der Waals surface area contributed by atoms with Gasteiger partial charge in [-0.2, -0.15) is 0 Å². The summed E-state index contributed by atoms with van der Waals surface area (Å²) in [7, 11) is 0. The first kappa shape index (κ1) is 13.1. The summed E-state index contributed by atoms with van der Waals surface area (Å²) >= 11 is 0. The fraction of sp³-hybridized carbons (Fsp3) is 0.647. The van der Waals surface area contributed by atoms with Crippen LogP contribution in [-0.2, 0) is 4.74 Å². The molecule has 2 aliphatic rings. The van der Waals surface area contributed by atoms with Crippen molar-refractivity contribution in [1.82, 2.24) is 5.32 Å². The second kappa shape index (κ2) is 6.06. The van der Waals surface area contributed by atoms with Crippen LogP contribution in [0.1, 0.15) is 49.3 Å². The Bertz CT molecular complexity index is 390. The molecule has 2 atom stereocenters. The zero-order valence-corrected chi connectivity index (χ0v) is 11.9. The maximum atomic E-state index is 5.69. The van der Waals surface area contributed by atoms with E-state index in [2.05, 4.69) is 36.5 Å². The number of benzene rings is 1. The molecule has 0 bridgehead atoms. The zero-order valence-electron chi connectivity index (χ0n) is 11.9. The normalized spacial score (nSPS) is 24.6. The van der Waals surface area contributed by atoms with Gasteiger partial charge < -0.3 is 10.1 Å². The van der Waals surface area contributed by atoms with Gasteiger partial charge in [0.05, 0.1) is 6.10 Å². The van der Waals surface area contributed by atoms with Gasteiger partial charge in [-0.25, -0.2) is 0 Å². The van der Waals surface area contributed by atoms with E-state index in [-0.39, 0.29) is 0 Å². The topological polar surface area (TPSA) is 21.3 Å². The number of aryl methyl sites for hydroxylation is 1. The van der Waals surface area contributed by atoms with Crippen molar-refractivity contribution in [3.63, 3.8) is 0 Å². The maximum Gasteiger partial charge on any atom is 0.0588 e. The Morgan fingerprint density at radius 3 is 2.63 bits per heavy atom. The molecule has 2 unspecified atom stereocenters. The second-order valence-electron chi connectivity index (χ2n) is 6.10. The summed E-state index contributed by atoms with van der Waals surface area (Å²) in [5, 5.41) is 3.76. The largest absolute Gasteiger partial charge is 0.378 e. The second-order valence-corrected chi connectivity index (χ2v) is 6.10. The Morgan fingerprint density at radius 2 is 2.00 bits per heavy atom. The van der Waals surface area contributed by atoms with Gasteiger partial charge in [0.15, 0.2) is 0 Å². The maximum absolute atomic E-state index is 5.69. The minimum Gasteiger partial charge on any atom is -0.378 e. The van der Waals surface area contributed by atoms with E-state index in [9.17, 15) is 0 Å². The molecule has 1 aliphatic carbocycles. The minimum atomic E-state index is 0.505. The Labute approximate surface area is 116 Å². The lowest BCUT2D eigenvalue weighted by molar-refractivity contribution is 0.103. The van der Waals surface area contributed by atoms with E-state index in [1.807, 2.05) is 0 Å². The molecule has 104 valence electrons. The SMILES string of the molecule is Cc1ccc(C(NCCC2CCCO2)C2CC2)cc1. The molecule has 1 saturated heterocycles. The average Bonchev–Trinajstić information content (AvgIpc) is 3.13. The Kier molecular flexibility index (Phi) is 4.19. The van der Waals surface area contributed by atoms with Gasteiger partial charge in [-0.1, -0.05) is 29.8 Å². The third-order valence-electron chi connectivity index (χ3n) is 4.38. The average molecular weight is 259 g/mol. The fourth-order valence-electron chi connectivity index (χ4n) is 3.03. The van der Waals surface area contributed by atoms with Crippen LogP contribution in [0.5, 0.6) is 0 Å². The summed E-state index contributed by atoms with van der Waals surface area (Å²) in [4.78, 5) is 0. The highest BCUT2D eigenvalue weighted by atomic mass is 16.5. The highest BCUT2D eigenvalue weighted by Gasteiger charge is 2.32. The molecule has 1 aliphatic heterocycles. The van der Waals surface area contributed by atoms with E-state index < -0.39 is 0 Å². The number of hydrogen-bond acceptors (Lipinski definition) is 2. The standard InChI is InChI=1S/C17H25NO/c1-13-4-6-14(7-5-13)17(15-8-9-15)18-11-10-16-3-2-12-19-16/h4-7,15-18H,2-3,8-12H2,1H3. The Hall–Kier alpha value is -0.860. The molecule has 1 saturated carbocycles. The molecule has 1 aromatic carbocycles. The van der Waals surface area contributed by atoms with Crippen molar-refractivity contribution in [2.24, 2.45) is 5.92 Å². The summed E-state index contributed by atoms with van der Waals surface area (Å²) in [5.74, 6) is 0.854. The van der Waals surface area contributed by atoms with E-state index in [4.69, 9.17) is 4.74 Å². The minimum absolute atomic E-state index is 0.505. The Balaban J connectivity index is 1.53. The van der Waals surface area contributed by atoms with Crippen LogP contribution in [0.3, 0.4) is 0 Å². The molecule has 1 N–H and O–H groups in total. The lowest BCUT2D eigenvalue weighted by Gasteiger charge is -2.20. The van der Waals surface area contributed by atoms with Crippen molar-refractivity contribution < 1.29 is 4.74 Å². The van der Waals surface area contributed by atoms with Crippen LogP contribution in [-0.4, -0.2) is 19.3 Å². The van der Waals surface area contributed by atoms with Crippen molar-refractivity contribution in [3.05, 3.63) is 35.4 Å². The third-order valence-corrected chi connectivity index (χ3v) is 4.38. The van der Waals surface area contributed by atoms with Crippen LogP contribution < -0.4 is 5.32 Å². The first-order valence-electron chi connectivity index (χ1n) is 7.74. The smallest absolute Gasteiger partial charge is 0.0588 e. The lowest BCUT2D eigenvalue weighted by Crippen LogP contribution is -2.26. The molecule has 19 heavy (non-hydrogen) atoms. The quantitative estimate of drug-likeness (QED) is 0.842. The summed E-state index contributed by atoms with van der Waals surface area (Å²) in [6.45, 7) is 4.20. The van der Waals surface area contributed by atoms with Gasteiger partial charge >= 0.3 is 0 Å². The predicted molar refractivity (Wildman–Crippen MR) is 78.2 cm³/mol. The van der Waals surface area contributed by atoms with Crippen LogP contribution in [0.25, 0.3) is 0 Å². The van der Waals surface area contributed by atoms with Gasteiger partial charge in [-0.15, -0.1) is 0 Å². The molecule has 0 amide bonds. The molecule has 2 heteroatoms. The van der Waals surface area contributed by atoms with E-state index in [1.165, 1.54) is 36.8 Å². The zero-order chi connectivity index (χ0) is 13.1. The van der Waals surface area contributed by atoms with Gasteiger partial charge in [0, 0.05) is 12.6 Å². The van der Waals surface area contributed by atoms with Gasteiger partial charge in [-0.3, -0.25) is 0 Å². The van der Waals surface area contributed by atoms with Crippen molar-refractivity contribution in [2.75, 3.05) is 13.2 Å². The van der Waals surface area contributed by atoms with Crippen LogP contribution in [0, 0.1) is 12.8 Å². The summed E-state index contributed by atoms with van der Waals surface area (Å²) in [6, 6.07) is 9.59. The van der Waals surface area contributed by atoms with E-state index in [0.29, 0.717) is 12.1 Å². The molecule has 0 spiro atoms. The van der Waals surface area contributed by atoms with Crippen LogP contribution >= 0.6 is 0 Å². The van der Waals surface area contributed by atoms with E-state index in [0.717, 1.165) is 25.5 Å². The molecule has 2 nitrogen and oxygen atoms in total. The Morgan fingerprint density at radius 1 is 1.21 bits per heavy atom. The van der Waals surface area contributed by atoms with Crippen LogP contribution in [0.15, 0.2) is 24.3 Å². The van der Waals surface area contributed by atoms with Gasteiger partial charge in [0.2, 0.25) is 0 Å². The predicted octanol–water partition coefficient (Wildman–Crippen LogP) is 3.60. The fourth-order valence-corrected chi connectivity index (χ4v) is 3.03. The first-order chi connectivity index (χ1) is 9.33. The molecule has 0 aromatic heterocycles. The molecule has 1 aromatic rings. The molecule has 2 fully saturated rings. The van der Waals surface area contributed by atoms with Crippen molar-refractivity contribution >= 4 is 0 Å². The molecule has 1 heterocycles. The summed E-state index contributed by atoms with van der Waals surface area (Å²) < 4.78 is 5.69. The lowest BCUT2D eigenvalue weighted by atomic mass is 10.0. The van der Waals surface area contributed by atoms with Gasteiger partial charge in [0.1, 0.15) is 0 Å². The summed E-state index contributed by atoms with van der Waals surface area (Å²) in [6.07, 6.45) is 6.92. The third kappa shape index (κ3) is 3.58. The first-order valence-corrected chi connectivity index (χ1v) is 7.74. The van der Waals surface area contributed by atoms with E-state index in [1.54, 1.807) is 0 Å². The molecule has 0 radical (unpaired) electrons. The number of ether oxygens (including phenoxy) is 1. The van der Waals surface area contributed by atoms with Gasteiger partial charge in [0.25, 0.3) is 0 Å². The van der Waals surface area contributed by atoms with Gasteiger partial charge in [-0.05, 0) is 57.1 Å². The monoisotopic (exact) mass is 259 g/mol. The van der Waals surface area contributed by atoms with Crippen molar-refractivity contribution in [2.45, 2.75) is 51.2 Å². The van der Waals surface area contributed by atoms with Crippen LogP contribution in [0.4, 0.5) is 0 Å². The molecule has 3 rings (SSSR count). The molecular weight excluding hydrogens is 234 g/mol. The highest BCUT2D eigenvalue weighted by molar-refractivity contribution is 5.25. The highest BCUT2D eigenvalue weighted by Crippen LogP contribution is 2.41. The molecular formula is C17H25NO. The number of nitrogens with one attached hydrogen (secondary N) is 1. The number of rotatable bonds is 6.